The van der Waals surface area contributed by atoms with Crippen molar-refractivity contribution in [3.63, 3.8) is 0 Å². The minimum atomic E-state index is 0.0799. The van der Waals surface area contributed by atoms with Gasteiger partial charge >= 0.3 is 0 Å². The third-order valence-electron chi connectivity index (χ3n) is 3.39. The fourth-order valence-electron chi connectivity index (χ4n) is 2.04. The topological polar surface area (TPSA) is 50.9 Å². The molecule has 0 fully saturated rings. The van der Waals surface area contributed by atoms with Gasteiger partial charge in [-0.3, -0.25) is 0 Å². The van der Waals surface area contributed by atoms with Gasteiger partial charge in [0.2, 0.25) is 0 Å². The van der Waals surface area contributed by atoms with Gasteiger partial charge in [-0.05, 0) is 24.9 Å². The van der Waals surface area contributed by atoms with Gasteiger partial charge < -0.3 is 11.1 Å². The third kappa shape index (κ3) is 3.86. The molecule has 2 atom stereocenters. The van der Waals surface area contributed by atoms with E-state index in [-0.39, 0.29) is 6.04 Å². The van der Waals surface area contributed by atoms with Crippen LogP contribution in [0.4, 0.5) is 0 Å². The molecule has 102 valence electrons. The SMILES string of the molecule is Cc1ncsc1CNCC(C)C(N)c1ccccc1. The van der Waals surface area contributed by atoms with Crippen LogP contribution in [0.1, 0.15) is 29.1 Å². The predicted molar refractivity (Wildman–Crippen MR) is 81.1 cm³/mol. The van der Waals surface area contributed by atoms with Crippen molar-refractivity contribution < 1.29 is 0 Å². The second-order valence-electron chi connectivity index (χ2n) is 4.91. The average Bonchev–Trinajstić information content (AvgIpc) is 2.84. The van der Waals surface area contributed by atoms with E-state index in [9.17, 15) is 0 Å². The first kappa shape index (κ1) is 14.2. The number of nitrogens with two attached hydrogens (primary N) is 1. The molecule has 2 aromatic rings. The summed E-state index contributed by atoms with van der Waals surface area (Å²) >= 11 is 1.70. The Kier molecular flexibility index (Phi) is 5.07. The smallest absolute Gasteiger partial charge is 0.0798 e. The van der Waals surface area contributed by atoms with Crippen LogP contribution in [0.2, 0.25) is 0 Å². The summed E-state index contributed by atoms with van der Waals surface area (Å²) in [5.74, 6) is 0.399. The summed E-state index contributed by atoms with van der Waals surface area (Å²) in [7, 11) is 0. The van der Waals surface area contributed by atoms with Crippen molar-refractivity contribution in [2.75, 3.05) is 6.54 Å². The lowest BCUT2D eigenvalue weighted by Crippen LogP contribution is -2.29. The van der Waals surface area contributed by atoms with E-state index in [0.29, 0.717) is 5.92 Å². The Balaban J connectivity index is 1.81. The van der Waals surface area contributed by atoms with E-state index in [0.717, 1.165) is 18.8 Å². The number of hydrogen-bond acceptors (Lipinski definition) is 4. The Morgan fingerprint density at radius 3 is 2.68 bits per heavy atom. The molecule has 2 rings (SSSR count). The van der Waals surface area contributed by atoms with E-state index in [1.54, 1.807) is 11.3 Å². The Morgan fingerprint density at radius 2 is 2.05 bits per heavy atom. The number of aromatic nitrogens is 1. The highest BCUT2D eigenvalue weighted by Gasteiger charge is 2.14. The van der Waals surface area contributed by atoms with E-state index >= 15 is 0 Å². The minimum absolute atomic E-state index is 0.0799. The summed E-state index contributed by atoms with van der Waals surface area (Å²) in [6, 6.07) is 10.4. The number of thiazole rings is 1. The second-order valence-corrected chi connectivity index (χ2v) is 5.84. The zero-order chi connectivity index (χ0) is 13.7. The molecule has 0 saturated carbocycles. The van der Waals surface area contributed by atoms with Crippen molar-refractivity contribution in [1.82, 2.24) is 10.3 Å². The third-order valence-corrected chi connectivity index (χ3v) is 4.33. The quantitative estimate of drug-likeness (QED) is 0.852. The van der Waals surface area contributed by atoms with Crippen LogP contribution >= 0.6 is 11.3 Å². The normalized spacial score (nSPS) is 14.3. The summed E-state index contributed by atoms with van der Waals surface area (Å²) in [5.41, 5.74) is 10.5. The standard InChI is InChI=1S/C15H21N3S/c1-11(15(16)13-6-4-3-5-7-13)8-17-9-14-12(2)18-10-19-14/h3-7,10-11,15,17H,8-9,16H2,1-2H3. The van der Waals surface area contributed by atoms with Gasteiger partial charge in [0, 0.05) is 17.5 Å². The second kappa shape index (κ2) is 6.80. The van der Waals surface area contributed by atoms with E-state index in [4.69, 9.17) is 5.73 Å². The fourth-order valence-corrected chi connectivity index (χ4v) is 2.79. The molecule has 3 N–H and O–H groups in total. The van der Waals surface area contributed by atoms with Gasteiger partial charge in [-0.25, -0.2) is 4.98 Å². The molecule has 0 aliphatic heterocycles. The Bertz CT molecular complexity index is 495. The van der Waals surface area contributed by atoms with Crippen LogP contribution in [0, 0.1) is 12.8 Å². The molecule has 1 aromatic carbocycles. The Hall–Kier alpha value is -1.23. The van der Waals surface area contributed by atoms with Gasteiger partial charge in [-0.1, -0.05) is 37.3 Å². The lowest BCUT2D eigenvalue weighted by molar-refractivity contribution is 0.435. The summed E-state index contributed by atoms with van der Waals surface area (Å²) in [4.78, 5) is 5.56. The molecule has 0 radical (unpaired) electrons. The minimum Gasteiger partial charge on any atom is -0.324 e. The van der Waals surface area contributed by atoms with Crippen LogP contribution < -0.4 is 11.1 Å². The van der Waals surface area contributed by atoms with Crippen molar-refractivity contribution in [2.24, 2.45) is 11.7 Å². The van der Waals surface area contributed by atoms with Crippen LogP contribution in [-0.2, 0) is 6.54 Å². The Morgan fingerprint density at radius 1 is 1.32 bits per heavy atom. The molecule has 0 aliphatic carbocycles. The number of nitrogens with one attached hydrogen (secondary N) is 1. The Labute approximate surface area is 118 Å². The van der Waals surface area contributed by atoms with Crippen molar-refractivity contribution in [3.05, 3.63) is 52.0 Å². The van der Waals surface area contributed by atoms with Gasteiger partial charge in [0.05, 0.1) is 11.2 Å². The summed E-state index contributed by atoms with van der Waals surface area (Å²) in [5, 5.41) is 3.47. The molecule has 0 aliphatic rings. The van der Waals surface area contributed by atoms with E-state index < -0.39 is 0 Å². The summed E-state index contributed by atoms with van der Waals surface area (Å²) in [6.45, 7) is 6.02. The predicted octanol–water partition coefficient (Wildman–Crippen LogP) is 2.88. The van der Waals surface area contributed by atoms with Gasteiger partial charge in [0.1, 0.15) is 0 Å². The highest BCUT2D eigenvalue weighted by molar-refractivity contribution is 7.09. The molecular weight excluding hydrogens is 254 g/mol. The molecule has 0 saturated heterocycles. The largest absolute Gasteiger partial charge is 0.324 e. The molecule has 1 heterocycles. The molecular formula is C15H21N3S. The number of aryl methyl sites for hydroxylation is 1. The fraction of sp³-hybridized carbons (Fsp3) is 0.400. The molecule has 0 bridgehead atoms. The maximum atomic E-state index is 6.28. The number of nitrogens with zero attached hydrogens (tertiary/aromatic N) is 1. The lowest BCUT2D eigenvalue weighted by Gasteiger charge is -2.20. The molecule has 19 heavy (non-hydrogen) atoms. The van der Waals surface area contributed by atoms with Crippen LogP contribution in [-0.4, -0.2) is 11.5 Å². The first-order valence-corrected chi connectivity index (χ1v) is 7.46. The highest BCUT2D eigenvalue weighted by atomic mass is 32.1. The zero-order valence-electron chi connectivity index (χ0n) is 11.5. The van der Waals surface area contributed by atoms with Crippen molar-refractivity contribution in [1.29, 1.82) is 0 Å². The number of benzene rings is 1. The van der Waals surface area contributed by atoms with Crippen molar-refractivity contribution in [2.45, 2.75) is 26.4 Å². The van der Waals surface area contributed by atoms with Gasteiger partial charge in [-0.2, -0.15) is 0 Å². The van der Waals surface area contributed by atoms with Crippen molar-refractivity contribution >= 4 is 11.3 Å². The monoisotopic (exact) mass is 275 g/mol. The number of hydrogen-bond donors (Lipinski definition) is 2. The van der Waals surface area contributed by atoms with E-state index in [1.165, 1.54) is 10.4 Å². The van der Waals surface area contributed by atoms with E-state index in [2.05, 4.69) is 29.4 Å². The van der Waals surface area contributed by atoms with Gasteiger partial charge in [0.25, 0.3) is 0 Å². The van der Waals surface area contributed by atoms with E-state index in [1.807, 2.05) is 30.6 Å². The molecule has 4 heteroatoms. The summed E-state index contributed by atoms with van der Waals surface area (Å²) < 4.78 is 0. The zero-order valence-corrected chi connectivity index (χ0v) is 12.3. The average molecular weight is 275 g/mol. The number of rotatable bonds is 6. The van der Waals surface area contributed by atoms with Gasteiger partial charge in [0.15, 0.2) is 0 Å². The van der Waals surface area contributed by atoms with Crippen LogP contribution in [0.5, 0.6) is 0 Å². The molecule has 1 aromatic heterocycles. The van der Waals surface area contributed by atoms with Crippen LogP contribution in [0.15, 0.2) is 35.8 Å². The van der Waals surface area contributed by atoms with Crippen molar-refractivity contribution in [3.8, 4) is 0 Å². The first-order chi connectivity index (χ1) is 9.18. The van der Waals surface area contributed by atoms with Crippen LogP contribution in [0.3, 0.4) is 0 Å². The molecule has 0 spiro atoms. The summed E-state index contributed by atoms with van der Waals surface area (Å²) in [6.07, 6.45) is 0. The van der Waals surface area contributed by atoms with Gasteiger partial charge in [-0.15, -0.1) is 11.3 Å². The molecule has 0 amide bonds. The maximum absolute atomic E-state index is 6.28. The highest BCUT2D eigenvalue weighted by Crippen LogP contribution is 2.18. The molecule has 3 nitrogen and oxygen atoms in total. The lowest BCUT2D eigenvalue weighted by atomic mass is 9.95. The maximum Gasteiger partial charge on any atom is 0.0798 e. The molecule has 2 unspecified atom stereocenters. The first-order valence-electron chi connectivity index (χ1n) is 6.58. The van der Waals surface area contributed by atoms with Crippen LogP contribution in [0.25, 0.3) is 0 Å².